The van der Waals surface area contributed by atoms with E-state index in [0.29, 0.717) is 23.9 Å². The number of aryl methyl sites for hydroxylation is 2. The van der Waals surface area contributed by atoms with Gasteiger partial charge in [0.25, 0.3) is 5.78 Å². The second kappa shape index (κ2) is 8.93. The van der Waals surface area contributed by atoms with Gasteiger partial charge in [-0.1, -0.05) is 18.2 Å². The van der Waals surface area contributed by atoms with Gasteiger partial charge in [-0.2, -0.15) is 4.98 Å². The van der Waals surface area contributed by atoms with Crippen molar-refractivity contribution in [3.8, 4) is 11.5 Å². The van der Waals surface area contributed by atoms with Crippen molar-refractivity contribution in [3.05, 3.63) is 77.9 Å². The lowest BCUT2D eigenvalue weighted by Gasteiger charge is -2.17. The molecule has 1 saturated heterocycles. The number of benzene rings is 2. The Bertz CT molecular complexity index is 1350. The SMILES string of the molecule is Cc1cc(C)n2nc(CC(=O)NC3CC(=O)N(c4ccc(Oc5ccccc5)cc4)C3)nc2n1. The third-order valence-electron chi connectivity index (χ3n) is 5.60. The van der Waals surface area contributed by atoms with Crippen LogP contribution >= 0.6 is 0 Å². The summed E-state index contributed by atoms with van der Waals surface area (Å²) in [5.74, 6) is 2.04. The van der Waals surface area contributed by atoms with Crippen LogP contribution in [0.2, 0.25) is 0 Å². The molecule has 3 heterocycles. The number of rotatable bonds is 6. The smallest absolute Gasteiger partial charge is 0.252 e. The Hall–Kier alpha value is -4.27. The summed E-state index contributed by atoms with van der Waals surface area (Å²) in [6.07, 6.45) is 0.268. The van der Waals surface area contributed by atoms with Gasteiger partial charge in [0.1, 0.15) is 11.5 Å². The molecule has 1 aliphatic heterocycles. The Morgan fingerprint density at radius 1 is 1.06 bits per heavy atom. The van der Waals surface area contributed by atoms with Gasteiger partial charge in [0.05, 0.1) is 12.5 Å². The number of para-hydroxylation sites is 1. The number of anilines is 1. The molecule has 34 heavy (non-hydrogen) atoms. The maximum Gasteiger partial charge on any atom is 0.252 e. The number of ether oxygens (including phenoxy) is 1. The molecule has 1 unspecified atom stereocenters. The van der Waals surface area contributed by atoms with Crippen LogP contribution in [0.25, 0.3) is 5.78 Å². The van der Waals surface area contributed by atoms with Crippen LogP contribution in [0, 0.1) is 13.8 Å². The highest BCUT2D eigenvalue weighted by atomic mass is 16.5. The van der Waals surface area contributed by atoms with E-state index >= 15 is 0 Å². The third-order valence-corrected chi connectivity index (χ3v) is 5.60. The van der Waals surface area contributed by atoms with E-state index in [1.807, 2.05) is 74.5 Å². The lowest BCUT2D eigenvalue weighted by atomic mass is 10.2. The first kappa shape index (κ1) is 21.6. The highest BCUT2D eigenvalue weighted by Crippen LogP contribution is 2.27. The van der Waals surface area contributed by atoms with E-state index < -0.39 is 0 Å². The number of carbonyl (C=O) groups is 2. The summed E-state index contributed by atoms with van der Waals surface area (Å²) >= 11 is 0. The first-order valence-corrected chi connectivity index (χ1v) is 11.1. The van der Waals surface area contributed by atoms with E-state index in [4.69, 9.17) is 4.74 Å². The topological polar surface area (TPSA) is 102 Å². The summed E-state index contributed by atoms with van der Waals surface area (Å²) in [7, 11) is 0. The number of nitrogens with zero attached hydrogens (tertiary/aromatic N) is 5. The van der Waals surface area contributed by atoms with E-state index in [1.54, 1.807) is 9.42 Å². The molecule has 1 N–H and O–H groups in total. The van der Waals surface area contributed by atoms with Crippen molar-refractivity contribution in [2.75, 3.05) is 11.4 Å². The number of aromatic nitrogens is 4. The zero-order valence-corrected chi connectivity index (χ0v) is 18.9. The van der Waals surface area contributed by atoms with Crippen molar-refractivity contribution in [3.63, 3.8) is 0 Å². The number of hydrogen-bond donors (Lipinski definition) is 1. The van der Waals surface area contributed by atoms with E-state index in [-0.39, 0.29) is 30.7 Å². The van der Waals surface area contributed by atoms with Gasteiger partial charge < -0.3 is 15.0 Å². The fourth-order valence-electron chi connectivity index (χ4n) is 4.08. The third kappa shape index (κ3) is 4.59. The van der Waals surface area contributed by atoms with Gasteiger partial charge in [0.2, 0.25) is 11.8 Å². The van der Waals surface area contributed by atoms with Gasteiger partial charge in [0.15, 0.2) is 5.82 Å². The highest BCUT2D eigenvalue weighted by molar-refractivity contribution is 5.97. The Balaban J connectivity index is 1.19. The lowest BCUT2D eigenvalue weighted by molar-refractivity contribution is -0.121. The molecular formula is C25H24N6O3. The van der Waals surface area contributed by atoms with E-state index in [1.165, 1.54) is 0 Å². The number of nitrogens with one attached hydrogen (secondary N) is 1. The molecule has 2 amide bonds. The molecule has 0 bridgehead atoms. The normalized spacial score (nSPS) is 15.6. The monoisotopic (exact) mass is 456 g/mol. The molecular weight excluding hydrogens is 432 g/mol. The van der Waals surface area contributed by atoms with Crippen molar-refractivity contribution >= 4 is 23.3 Å². The summed E-state index contributed by atoms with van der Waals surface area (Å²) in [4.78, 5) is 35.6. The van der Waals surface area contributed by atoms with Crippen molar-refractivity contribution in [2.24, 2.45) is 0 Å². The Morgan fingerprint density at radius 2 is 1.79 bits per heavy atom. The molecule has 5 rings (SSSR count). The van der Waals surface area contributed by atoms with Crippen LogP contribution in [0.15, 0.2) is 60.7 Å². The Kier molecular flexibility index (Phi) is 5.67. The molecule has 0 aliphatic carbocycles. The zero-order valence-electron chi connectivity index (χ0n) is 18.9. The van der Waals surface area contributed by atoms with Gasteiger partial charge in [-0.3, -0.25) is 9.59 Å². The minimum atomic E-state index is -0.278. The highest BCUT2D eigenvalue weighted by Gasteiger charge is 2.31. The molecule has 9 nitrogen and oxygen atoms in total. The number of hydrogen-bond acceptors (Lipinski definition) is 6. The minimum absolute atomic E-state index is 0.0259. The van der Waals surface area contributed by atoms with Gasteiger partial charge in [0, 0.05) is 30.0 Å². The van der Waals surface area contributed by atoms with Gasteiger partial charge in [-0.15, -0.1) is 5.10 Å². The van der Waals surface area contributed by atoms with Gasteiger partial charge >= 0.3 is 0 Å². The molecule has 4 aromatic rings. The fourth-order valence-corrected chi connectivity index (χ4v) is 4.08. The number of carbonyl (C=O) groups excluding carboxylic acids is 2. The molecule has 1 fully saturated rings. The molecule has 9 heteroatoms. The molecule has 0 spiro atoms. The Morgan fingerprint density at radius 3 is 2.56 bits per heavy atom. The number of fused-ring (bicyclic) bond motifs is 1. The second-order valence-electron chi connectivity index (χ2n) is 8.34. The average Bonchev–Trinajstić information content (AvgIpc) is 3.37. The molecule has 172 valence electrons. The first-order chi connectivity index (χ1) is 16.4. The predicted octanol–water partition coefficient (Wildman–Crippen LogP) is 3.00. The summed E-state index contributed by atoms with van der Waals surface area (Å²) in [6, 6.07) is 18.5. The van der Waals surface area contributed by atoms with E-state index in [2.05, 4.69) is 20.4 Å². The Labute approximate surface area is 196 Å². The van der Waals surface area contributed by atoms with Crippen molar-refractivity contribution < 1.29 is 14.3 Å². The lowest BCUT2D eigenvalue weighted by Crippen LogP contribution is -2.38. The largest absolute Gasteiger partial charge is 0.457 e. The summed E-state index contributed by atoms with van der Waals surface area (Å²) in [5.41, 5.74) is 2.51. The first-order valence-electron chi connectivity index (χ1n) is 11.1. The van der Waals surface area contributed by atoms with E-state index in [0.717, 1.165) is 22.8 Å². The van der Waals surface area contributed by atoms with Crippen LogP contribution < -0.4 is 15.0 Å². The maximum atomic E-state index is 12.6. The van der Waals surface area contributed by atoms with Crippen molar-refractivity contribution in [1.82, 2.24) is 24.9 Å². The molecule has 1 aliphatic rings. The zero-order chi connectivity index (χ0) is 23.7. The van der Waals surface area contributed by atoms with Crippen molar-refractivity contribution in [2.45, 2.75) is 32.7 Å². The van der Waals surface area contributed by atoms with Crippen LogP contribution in [0.4, 0.5) is 5.69 Å². The predicted molar refractivity (Wildman–Crippen MR) is 126 cm³/mol. The van der Waals surface area contributed by atoms with Crippen LogP contribution in [0.3, 0.4) is 0 Å². The van der Waals surface area contributed by atoms with Crippen LogP contribution in [0.1, 0.15) is 23.6 Å². The number of amides is 2. The van der Waals surface area contributed by atoms with Crippen LogP contribution in [0.5, 0.6) is 11.5 Å². The standard InChI is InChI=1S/C25H24N6O3/c1-16-12-17(2)31-25(26-16)28-22(29-31)14-23(32)27-18-13-24(33)30(15-18)19-8-10-21(11-9-19)34-20-6-4-3-5-7-20/h3-12,18H,13-15H2,1-2H3,(H,27,32). The molecule has 0 saturated carbocycles. The molecule has 2 aromatic carbocycles. The maximum absolute atomic E-state index is 12.6. The van der Waals surface area contributed by atoms with Gasteiger partial charge in [-0.05, 0) is 56.3 Å². The second-order valence-corrected chi connectivity index (χ2v) is 8.34. The molecule has 2 aromatic heterocycles. The van der Waals surface area contributed by atoms with E-state index in [9.17, 15) is 9.59 Å². The molecule has 0 radical (unpaired) electrons. The summed E-state index contributed by atoms with van der Waals surface area (Å²) in [6.45, 7) is 4.21. The van der Waals surface area contributed by atoms with Crippen LogP contribution in [-0.4, -0.2) is 44.0 Å². The minimum Gasteiger partial charge on any atom is -0.457 e. The van der Waals surface area contributed by atoms with Gasteiger partial charge in [-0.25, -0.2) is 9.50 Å². The van der Waals surface area contributed by atoms with Crippen LogP contribution in [-0.2, 0) is 16.0 Å². The fraction of sp³-hybridized carbons (Fsp3) is 0.240. The molecule has 1 atom stereocenters. The van der Waals surface area contributed by atoms with Crippen molar-refractivity contribution in [1.29, 1.82) is 0 Å². The quantitative estimate of drug-likeness (QED) is 0.479. The summed E-state index contributed by atoms with van der Waals surface area (Å²) in [5, 5.41) is 7.31. The average molecular weight is 457 g/mol. The summed E-state index contributed by atoms with van der Waals surface area (Å²) < 4.78 is 7.44.